The van der Waals surface area contributed by atoms with Crippen LogP contribution in [-0.2, 0) is 13.4 Å². The zero-order valence-electron chi connectivity index (χ0n) is 18.5. The number of hydrogen-bond acceptors (Lipinski definition) is 3. The molecule has 37 heavy (non-hydrogen) atoms. The molecule has 0 atom stereocenters. The fraction of sp³-hybridized carbons (Fsp3) is 0.160. The minimum absolute atomic E-state index is 0.0168. The van der Waals surface area contributed by atoms with Crippen LogP contribution in [0.3, 0.4) is 0 Å². The van der Waals surface area contributed by atoms with Crippen LogP contribution in [0.15, 0.2) is 91.2 Å². The van der Waals surface area contributed by atoms with Gasteiger partial charge in [-0.25, -0.2) is 0 Å². The first-order valence-corrected chi connectivity index (χ1v) is 14.3. The molecule has 3 aromatic carbocycles. The van der Waals surface area contributed by atoms with E-state index >= 15 is 0 Å². The maximum absolute atomic E-state index is 14.0. The second-order valence-corrected chi connectivity index (χ2v) is 12.2. The molecule has 0 radical (unpaired) electrons. The Balaban J connectivity index is 0.00000121. The van der Waals surface area contributed by atoms with Crippen molar-refractivity contribution in [3.8, 4) is 0 Å². The molecule has 0 aromatic heterocycles. The molecule has 3 aromatic rings. The number of carbonyl (C=O) groups is 1. The van der Waals surface area contributed by atoms with E-state index in [2.05, 4.69) is 0 Å². The van der Waals surface area contributed by atoms with Crippen LogP contribution in [0.25, 0.3) is 3.58 Å². The second kappa shape index (κ2) is 12.1. The molecule has 1 aliphatic rings. The van der Waals surface area contributed by atoms with Gasteiger partial charge < -0.3 is 0 Å². The minimum atomic E-state index is -5.77. The molecule has 0 aliphatic carbocycles. The third-order valence-corrected chi connectivity index (χ3v) is 9.97. The van der Waals surface area contributed by atoms with Crippen LogP contribution in [-0.4, -0.2) is 23.7 Å². The van der Waals surface area contributed by atoms with Crippen LogP contribution in [0.4, 0.5) is 26.3 Å². The van der Waals surface area contributed by atoms with Gasteiger partial charge in [0.1, 0.15) is 0 Å². The Hall–Kier alpha value is -2.28. The summed E-state index contributed by atoms with van der Waals surface area (Å²) in [5.74, 6) is -0.810. The zero-order chi connectivity index (χ0) is 27.3. The van der Waals surface area contributed by atoms with E-state index in [9.17, 15) is 31.1 Å². The van der Waals surface area contributed by atoms with Gasteiger partial charge in [-0.1, -0.05) is 0 Å². The summed E-state index contributed by atoms with van der Waals surface area (Å²) >= 11 is 5.64. The molecule has 1 aliphatic heterocycles. The van der Waals surface area contributed by atoms with E-state index in [-0.39, 0.29) is 18.1 Å². The van der Waals surface area contributed by atoms with Gasteiger partial charge in [-0.3, -0.25) is 0 Å². The predicted octanol–water partition coefficient (Wildman–Crippen LogP) is 8.90. The fourth-order valence-corrected chi connectivity index (χ4v) is 8.76. The zero-order valence-corrected chi connectivity index (χ0v) is 22.2. The molecule has 198 valence electrons. The van der Waals surface area contributed by atoms with Crippen molar-refractivity contribution in [1.82, 2.24) is 0 Å². The van der Waals surface area contributed by atoms with Crippen molar-refractivity contribution in [3.63, 3.8) is 0 Å². The van der Waals surface area contributed by atoms with Gasteiger partial charge in [-0.05, 0) is 0 Å². The Bertz CT molecular complexity index is 1220. The van der Waals surface area contributed by atoms with E-state index in [0.29, 0.717) is 5.56 Å². The van der Waals surface area contributed by atoms with Gasteiger partial charge in [-0.2, -0.15) is 0 Å². The van der Waals surface area contributed by atoms with E-state index < -0.39 is 49.7 Å². The molecule has 0 spiro atoms. The number of fused-ring (bicyclic) bond motifs is 1. The molecule has 12 heteroatoms. The number of benzene rings is 3. The van der Waals surface area contributed by atoms with Crippen LogP contribution in [0, 0.1) is 3.57 Å². The third-order valence-electron chi connectivity index (χ3n) is 4.94. The summed E-state index contributed by atoms with van der Waals surface area (Å²) in [6, 6.07) is 20.0. The monoisotopic (exact) mass is 676 g/mol. The van der Waals surface area contributed by atoms with Crippen molar-refractivity contribution in [2.45, 2.75) is 18.0 Å². The molecule has 0 unspecified atom stereocenters. The Kier molecular flexibility index (Phi) is 9.54. The van der Waals surface area contributed by atoms with E-state index in [1.807, 2.05) is 0 Å². The third kappa shape index (κ3) is 6.08. The van der Waals surface area contributed by atoms with Crippen LogP contribution < -0.4 is 0 Å². The van der Waals surface area contributed by atoms with Gasteiger partial charge in [-0.15, -0.1) is 23.2 Å². The summed E-state index contributed by atoms with van der Waals surface area (Å²) in [5, 5.41) is 0.194. The average molecular weight is 677 g/mol. The Morgan fingerprint density at radius 3 is 1.78 bits per heavy atom. The van der Waals surface area contributed by atoms with Gasteiger partial charge in [0.25, 0.3) is 0 Å². The number of carbonyl (C=O) groups excluding carboxylic acids is 1. The summed E-state index contributed by atoms with van der Waals surface area (Å²) in [6.45, 7) is 0. The molecule has 3 nitrogen and oxygen atoms in total. The fourth-order valence-electron chi connectivity index (χ4n) is 3.35. The number of alkyl halides is 8. The molecule has 0 fully saturated rings. The topological polar surface area (TPSA) is 35.5 Å². The van der Waals surface area contributed by atoms with E-state index in [1.165, 1.54) is 36.4 Å². The Labute approximate surface area is 225 Å². The average Bonchev–Trinajstić information content (AvgIpc) is 3.23. The standard InChI is InChI=1S/C24H15F6IO3.CH2Cl2/c25-23(26,27)22(24(28,29)30)18-13-7-8-14-19(18)31(34-22)20(16-9-3-1-4-10-16)15-33-21(32)17-11-5-2-6-12-17;2-1-3/h1-15H;1H2/b20-15-;. The number of halogens is 9. The van der Waals surface area contributed by atoms with Crippen LogP contribution in [0.1, 0.15) is 21.5 Å². The number of ether oxygens (including phenoxy) is 1. The number of esters is 1. The van der Waals surface area contributed by atoms with Crippen molar-refractivity contribution < 1.29 is 38.9 Å². The Morgan fingerprint density at radius 1 is 0.811 bits per heavy atom. The first kappa shape index (κ1) is 29.3. The van der Waals surface area contributed by atoms with E-state index in [1.54, 1.807) is 36.4 Å². The van der Waals surface area contributed by atoms with Crippen molar-refractivity contribution in [1.29, 1.82) is 0 Å². The van der Waals surface area contributed by atoms with Gasteiger partial charge in [0.15, 0.2) is 0 Å². The van der Waals surface area contributed by atoms with Crippen molar-refractivity contribution in [2.75, 3.05) is 5.34 Å². The first-order valence-electron chi connectivity index (χ1n) is 10.2. The van der Waals surface area contributed by atoms with Gasteiger partial charge >= 0.3 is 198 Å². The SMILES string of the molecule is ClCCl.O=C(O/C=C(/c1ccccc1)I1OC(C(F)(F)F)(C(F)(F)F)c2ccccc21)c1ccccc1. The number of hydrogen-bond donors (Lipinski definition) is 0. The summed E-state index contributed by atoms with van der Waals surface area (Å²) in [4.78, 5) is 12.4. The normalized spacial score (nSPS) is 15.9. The van der Waals surface area contributed by atoms with Crippen molar-refractivity contribution in [3.05, 3.63) is 111 Å². The van der Waals surface area contributed by atoms with E-state index in [0.717, 1.165) is 18.4 Å². The van der Waals surface area contributed by atoms with Crippen LogP contribution in [0.5, 0.6) is 0 Å². The maximum atomic E-state index is 14.0. The summed E-state index contributed by atoms with van der Waals surface area (Å²) in [6.07, 6.45) is -10.6. The molecule has 0 bridgehead atoms. The van der Waals surface area contributed by atoms with Gasteiger partial charge in [0.2, 0.25) is 0 Å². The first-order chi connectivity index (χ1) is 17.5. The van der Waals surface area contributed by atoms with Crippen LogP contribution in [0.2, 0.25) is 0 Å². The predicted molar refractivity (Wildman–Crippen MR) is 137 cm³/mol. The summed E-state index contributed by atoms with van der Waals surface area (Å²) in [7, 11) is 0. The Morgan fingerprint density at radius 2 is 1.27 bits per heavy atom. The molecule has 4 rings (SSSR count). The molecule has 0 saturated carbocycles. The summed E-state index contributed by atoms with van der Waals surface area (Å²) in [5.41, 5.74) is -5.00. The molecule has 1 heterocycles. The van der Waals surface area contributed by atoms with E-state index in [4.69, 9.17) is 31.0 Å². The molecule has 0 N–H and O–H groups in total. The van der Waals surface area contributed by atoms with Crippen LogP contribution >= 0.6 is 43.4 Å². The van der Waals surface area contributed by atoms with Gasteiger partial charge in [0, 0.05) is 0 Å². The van der Waals surface area contributed by atoms with Gasteiger partial charge in [0.05, 0.1) is 5.34 Å². The molecule has 0 amide bonds. The summed E-state index contributed by atoms with van der Waals surface area (Å²) < 4.78 is 94.3. The number of rotatable bonds is 4. The molecule has 0 saturated heterocycles. The van der Waals surface area contributed by atoms with Crippen molar-refractivity contribution in [2.24, 2.45) is 0 Å². The second-order valence-electron chi connectivity index (χ2n) is 7.19. The van der Waals surface area contributed by atoms with Crippen molar-refractivity contribution >= 4 is 53.0 Å². The molecular weight excluding hydrogens is 660 g/mol. The molecular formula is C25H17Cl2F6IO3. The quantitative estimate of drug-likeness (QED) is 0.0911.